The Hall–Kier alpha value is -2.08. The van der Waals surface area contributed by atoms with Crippen molar-refractivity contribution < 1.29 is 23.8 Å². The maximum Gasteiger partial charge on any atom is 0.338 e. The fourth-order valence-electron chi connectivity index (χ4n) is 1.98. The molecule has 2 aromatic carbocycles. The Labute approximate surface area is 129 Å². The summed E-state index contributed by atoms with van der Waals surface area (Å²) in [6, 6.07) is 7.33. The average molecular weight is 355 g/mol. The van der Waals surface area contributed by atoms with Gasteiger partial charge in [0.1, 0.15) is 21.8 Å². The Kier molecular flexibility index (Phi) is 4.47. The lowest BCUT2D eigenvalue weighted by Gasteiger charge is -2.14. The van der Waals surface area contributed by atoms with Crippen LogP contribution in [-0.4, -0.2) is 25.3 Å². The number of hydrogen-bond donors (Lipinski definition) is 1. The summed E-state index contributed by atoms with van der Waals surface area (Å²) in [6.45, 7) is 0. The van der Waals surface area contributed by atoms with Crippen LogP contribution in [0.2, 0.25) is 0 Å². The van der Waals surface area contributed by atoms with Crippen LogP contribution in [0.1, 0.15) is 10.4 Å². The zero-order valence-electron chi connectivity index (χ0n) is 11.3. The molecule has 0 fully saturated rings. The van der Waals surface area contributed by atoms with Crippen molar-refractivity contribution >= 4 is 21.9 Å². The van der Waals surface area contributed by atoms with E-state index >= 15 is 0 Å². The van der Waals surface area contributed by atoms with E-state index in [9.17, 15) is 9.18 Å². The highest BCUT2D eigenvalue weighted by Crippen LogP contribution is 2.42. The molecule has 0 atom stereocenters. The Morgan fingerprint density at radius 3 is 2.48 bits per heavy atom. The molecule has 0 amide bonds. The van der Waals surface area contributed by atoms with Gasteiger partial charge < -0.3 is 14.6 Å². The zero-order chi connectivity index (χ0) is 15.6. The number of carboxylic acid groups (broad SMARTS) is 1. The number of halogens is 2. The molecule has 21 heavy (non-hydrogen) atoms. The molecule has 0 unspecified atom stereocenters. The fraction of sp³-hybridized carbons (Fsp3) is 0.133. The summed E-state index contributed by atoms with van der Waals surface area (Å²) in [5.74, 6) is -1.04. The lowest BCUT2D eigenvalue weighted by molar-refractivity contribution is 0.0692. The summed E-state index contributed by atoms with van der Waals surface area (Å²) in [6.07, 6.45) is 0. The Bertz CT molecular complexity index is 700. The lowest BCUT2D eigenvalue weighted by atomic mass is 10.0. The molecule has 110 valence electrons. The van der Waals surface area contributed by atoms with Crippen LogP contribution in [0.15, 0.2) is 34.8 Å². The van der Waals surface area contributed by atoms with E-state index in [0.717, 1.165) is 6.07 Å². The molecule has 0 saturated heterocycles. The van der Waals surface area contributed by atoms with Crippen LogP contribution in [-0.2, 0) is 0 Å². The van der Waals surface area contributed by atoms with Gasteiger partial charge in [-0.1, -0.05) is 6.07 Å². The monoisotopic (exact) mass is 354 g/mol. The van der Waals surface area contributed by atoms with Crippen molar-refractivity contribution in [2.45, 2.75) is 0 Å². The predicted molar refractivity (Wildman–Crippen MR) is 79.6 cm³/mol. The smallest absolute Gasteiger partial charge is 0.338 e. The van der Waals surface area contributed by atoms with Crippen molar-refractivity contribution in [1.29, 1.82) is 0 Å². The van der Waals surface area contributed by atoms with Crippen LogP contribution >= 0.6 is 15.9 Å². The van der Waals surface area contributed by atoms with Crippen molar-refractivity contribution in [3.63, 3.8) is 0 Å². The van der Waals surface area contributed by atoms with Crippen LogP contribution in [0.3, 0.4) is 0 Å². The number of methoxy groups -OCH3 is 2. The number of carboxylic acids is 1. The number of ether oxygens (including phenoxy) is 2. The summed E-state index contributed by atoms with van der Waals surface area (Å²) in [7, 11) is 3.02. The SMILES string of the molecule is COc1ccc(-c2ccc(F)c(C(=O)O)c2)c(OC)c1Br. The minimum Gasteiger partial charge on any atom is -0.495 e. The van der Waals surface area contributed by atoms with Gasteiger partial charge in [-0.15, -0.1) is 0 Å². The third-order valence-corrected chi connectivity index (χ3v) is 3.74. The highest BCUT2D eigenvalue weighted by molar-refractivity contribution is 9.10. The van der Waals surface area contributed by atoms with E-state index in [1.807, 2.05) is 0 Å². The summed E-state index contributed by atoms with van der Waals surface area (Å²) in [4.78, 5) is 11.0. The molecular formula is C15H12BrFO4. The van der Waals surface area contributed by atoms with E-state index in [-0.39, 0.29) is 5.56 Å². The third-order valence-electron chi connectivity index (χ3n) is 2.99. The van der Waals surface area contributed by atoms with Gasteiger partial charge >= 0.3 is 5.97 Å². The van der Waals surface area contributed by atoms with E-state index in [4.69, 9.17) is 14.6 Å². The minimum absolute atomic E-state index is 0.388. The first-order valence-electron chi connectivity index (χ1n) is 5.93. The molecule has 0 radical (unpaired) electrons. The maximum atomic E-state index is 13.5. The Balaban J connectivity index is 2.64. The standard InChI is InChI=1S/C15H12BrFO4/c1-20-12-6-4-9(14(21-2)13(12)16)8-3-5-11(17)10(7-8)15(18)19/h3-7H,1-2H3,(H,18,19). The molecule has 4 nitrogen and oxygen atoms in total. The van der Waals surface area contributed by atoms with Crippen molar-refractivity contribution in [3.05, 3.63) is 46.2 Å². The van der Waals surface area contributed by atoms with Gasteiger partial charge in [-0.25, -0.2) is 9.18 Å². The van der Waals surface area contributed by atoms with Crippen LogP contribution < -0.4 is 9.47 Å². The second-order valence-corrected chi connectivity index (χ2v) is 4.96. The topological polar surface area (TPSA) is 55.8 Å². The zero-order valence-corrected chi connectivity index (χ0v) is 12.9. The quantitative estimate of drug-likeness (QED) is 0.902. The van der Waals surface area contributed by atoms with E-state index in [1.54, 1.807) is 12.1 Å². The molecule has 2 rings (SSSR count). The summed E-state index contributed by atoms with van der Waals surface area (Å²) < 4.78 is 24.6. The first-order valence-corrected chi connectivity index (χ1v) is 6.72. The predicted octanol–water partition coefficient (Wildman–Crippen LogP) is 3.97. The van der Waals surface area contributed by atoms with E-state index in [0.29, 0.717) is 27.1 Å². The summed E-state index contributed by atoms with van der Waals surface area (Å²) in [5, 5.41) is 9.00. The second kappa shape index (κ2) is 6.13. The normalized spacial score (nSPS) is 10.3. The Morgan fingerprint density at radius 1 is 1.19 bits per heavy atom. The van der Waals surface area contributed by atoms with Crippen molar-refractivity contribution in [2.24, 2.45) is 0 Å². The van der Waals surface area contributed by atoms with Gasteiger partial charge in [-0.2, -0.15) is 0 Å². The average Bonchev–Trinajstić information content (AvgIpc) is 2.47. The molecule has 1 N–H and O–H groups in total. The number of aromatic carboxylic acids is 1. The van der Waals surface area contributed by atoms with Crippen LogP contribution in [0.5, 0.6) is 11.5 Å². The molecule has 6 heteroatoms. The molecule has 0 aliphatic carbocycles. The number of rotatable bonds is 4. The molecule has 0 bridgehead atoms. The van der Waals surface area contributed by atoms with Crippen LogP contribution in [0.4, 0.5) is 4.39 Å². The Morgan fingerprint density at radius 2 is 1.90 bits per heavy atom. The van der Waals surface area contributed by atoms with Crippen molar-refractivity contribution in [3.8, 4) is 22.6 Å². The molecule has 0 aliphatic heterocycles. The highest BCUT2D eigenvalue weighted by atomic mass is 79.9. The summed E-state index contributed by atoms with van der Waals surface area (Å²) in [5.41, 5.74) is 0.781. The van der Waals surface area contributed by atoms with Gasteiger partial charge in [0.25, 0.3) is 0 Å². The van der Waals surface area contributed by atoms with E-state index < -0.39 is 11.8 Å². The van der Waals surface area contributed by atoms with Crippen molar-refractivity contribution in [1.82, 2.24) is 0 Å². The third kappa shape index (κ3) is 2.85. The molecule has 0 saturated carbocycles. The fourth-order valence-corrected chi connectivity index (χ4v) is 2.65. The number of benzene rings is 2. The summed E-state index contributed by atoms with van der Waals surface area (Å²) >= 11 is 3.37. The van der Waals surface area contributed by atoms with Gasteiger partial charge in [0.2, 0.25) is 0 Å². The maximum absolute atomic E-state index is 13.5. The van der Waals surface area contributed by atoms with Crippen LogP contribution in [0, 0.1) is 5.82 Å². The molecule has 0 spiro atoms. The van der Waals surface area contributed by atoms with Gasteiger partial charge in [-0.05, 0) is 45.8 Å². The molecule has 0 aromatic heterocycles. The minimum atomic E-state index is -1.32. The first kappa shape index (κ1) is 15.3. The highest BCUT2D eigenvalue weighted by Gasteiger charge is 2.17. The number of hydrogen-bond acceptors (Lipinski definition) is 3. The lowest BCUT2D eigenvalue weighted by Crippen LogP contribution is -2.01. The van der Waals surface area contributed by atoms with E-state index in [2.05, 4.69) is 15.9 Å². The van der Waals surface area contributed by atoms with Gasteiger partial charge in [-0.3, -0.25) is 0 Å². The van der Waals surface area contributed by atoms with Crippen molar-refractivity contribution in [2.75, 3.05) is 14.2 Å². The molecular weight excluding hydrogens is 343 g/mol. The van der Waals surface area contributed by atoms with Gasteiger partial charge in [0.05, 0.1) is 19.8 Å². The van der Waals surface area contributed by atoms with E-state index in [1.165, 1.54) is 26.4 Å². The molecule has 2 aromatic rings. The van der Waals surface area contributed by atoms with Gasteiger partial charge in [0.15, 0.2) is 0 Å². The van der Waals surface area contributed by atoms with Crippen LogP contribution in [0.25, 0.3) is 11.1 Å². The molecule has 0 heterocycles. The number of carbonyl (C=O) groups is 1. The first-order chi connectivity index (χ1) is 9.99. The van der Waals surface area contributed by atoms with Gasteiger partial charge in [0, 0.05) is 5.56 Å². The largest absolute Gasteiger partial charge is 0.495 e. The second-order valence-electron chi connectivity index (χ2n) is 4.16. The molecule has 0 aliphatic rings.